The first kappa shape index (κ1) is 13.0. The van der Waals surface area contributed by atoms with E-state index in [4.69, 9.17) is 0 Å². The van der Waals surface area contributed by atoms with Crippen molar-refractivity contribution >= 4 is 11.6 Å². The van der Waals surface area contributed by atoms with E-state index in [0.717, 1.165) is 6.07 Å². The molecule has 19 heavy (non-hydrogen) atoms. The zero-order valence-corrected chi connectivity index (χ0v) is 10.1. The fourth-order valence-corrected chi connectivity index (χ4v) is 1.66. The third-order valence-corrected chi connectivity index (χ3v) is 2.75. The van der Waals surface area contributed by atoms with Gasteiger partial charge in [0.2, 0.25) is 0 Å². The van der Waals surface area contributed by atoms with Crippen molar-refractivity contribution in [2.75, 3.05) is 5.32 Å². The van der Waals surface area contributed by atoms with Crippen molar-refractivity contribution in [1.82, 2.24) is 0 Å². The van der Waals surface area contributed by atoms with Gasteiger partial charge in [0, 0.05) is 11.1 Å². The largest absolute Gasteiger partial charge is 0.508 e. The first-order chi connectivity index (χ1) is 9.00. The van der Waals surface area contributed by atoms with Crippen LogP contribution in [0.1, 0.15) is 15.9 Å². The van der Waals surface area contributed by atoms with E-state index in [1.54, 1.807) is 6.92 Å². The van der Waals surface area contributed by atoms with Gasteiger partial charge in [-0.15, -0.1) is 0 Å². The predicted octanol–water partition coefficient (Wildman–Crippen LogP) is 3.23. The minimum Gasteiger partial charge on any atom is -0.508 e. The Morgan fingerprint density at radius 2 is 1.84 bits per heavy atom. The monoisotopic (exact) mass is 263 g/mol. The summed E-state index contributed by atoms with van der Waals surface area (Å²) >= 11 is 0. The average molecular weight is 263 g/mol. The van der Waals surface area contributed by atoms with Crippen LogP contribution in [0.2, 0.25) is 0 Å². The molecule has 98 valence electrons. The van der Waals surface area contributed by atoms with Crippen LogP contribution in [0.5, 0.6) is 5.75 Å². The van der Waals surface area contributed by atoms with Crippen molar-refractivity contribution < 1.29 is 18.7 Å². The Bertz CT molecular complexity index is 641. The number of halogens is 2. The van der Waals surface area contributed by atoms with E-state index in [-0.39, 0.29) is 17.0 Å². The number of hydrogen-bond acceptors (Lipinski definition) is 2. The van der Waals surface area contributed by atoms with Crippen LogP contribution in [0.3, 0.4) is 0 Å². The molecule has 0 aromatic heterocycles. The van der Waals surface area contributed by atoms with Gasteiger partial charge in [-0.3, -0.25) is 4.79 Å². The molecule has 0 aliphatic heterocycles. The summed E-state index contributed by atoms with van der Waals surface area (Å²) in [5.41, 5.74) is 0.327. The third kappa shape index (κ3) is 2.54. The highest BCUT2D eigenvalue weighted by molar-refractivity contribution is 6.05. The average Bonchev–Trinajstić information content (AvgIpc) is 2.38. The van der Waals surface area contributed by atoms with Crippen LogP contribution in [0.15, 0.2) is 36.4 Å². The van der Waals surface area contributed by atoms with Crippen LogP contribution in [0.25, 0.3) is 0 Å². The van der Waals surface area contributed by atoms with Crippen molar-refractivity contribution in [2.45, 2.75) is 6.92 Å². The molecule has 0 aliphatic rings. The molecule has 0 saturated carbocycles. The second-order valence-electron chi connectivity index (χ2n) is 4.01. The van der Waals surface area contributed by atoms with Gasteiger partial charge in [0.1, 0.15) is 5.75 Å². The van der Waals surface area contributed by atoms with Gasteiger partial charge in [-0.05, 0) is 31.2 Å². The van der Waals surface area contributed by atoms with Crippen molar-refractivity contribution in [3.05, 3.63) is 59.2 Å². The maximum absolute atomic E-state index is 13.4. The highest BCUT2D eigenvalue weighted by atomic mass is 19.2. The molecule has 3 nitrogen and oxygen atoms in total. The lowest BCUT2D eigenvalue weighted by Crippen LogP contribution is -2.14. The molecule has 0 aliphatic carbocycles. The zero-order valence-electron chi connectivity index (χ0n) is 10.1. The lowest BCUT2D eigenvalue weighted by atomic mass is 10.1. The van der Waals surface area contributed by atoms with Gasteiger partial charge in [-0.25, -0.2) is 8.78 Å². The number of hydrogen-bond donors (Lipinski definition) is 2. The van der Waals surface area contributed by atoms with Crippen LogP contribution in [-0.4, -0.2) is 11.0 Å². The number of phenolic OH excluding ortho intramolecular Hbond substituents is 1. The summed E-state index contributed by atoms with van der Waals surface area (Å²) in [5.74, 6) is -2.80. The number of anilines is 1. The molecule has 0 atom stereocenters. The Hall–Kier alpha value is -2.43. The highest BCUT2D eigenvalue weighted by Crippen LogP contribution is 2.22. The lowest BCUT2D eigenvalue weighted by molar-refractivity contribution is 0.102. The molecule has 0 saturated heterocycles. The maximum atomic E-state index is 13.4. The molecule has 1 amide bonds. The predicted molar refractivity (Wildman–Crippen MR) is 67.2 cm³/mol. The molecule has 0 spiro atoms. The number of amides is 1. The van der Waals surface area contributed by atoms with Gasteiger partial charge in [-0.2, -0.15) is 0 Å². The molecule has 2 aromatic rings. The van der Waals surface area contributed by atoms with Crippen molar-refractivity contribution in [3.63, 3.8) is 0 Å². The molecule has 0 heterocycles. The minimum atomic E-state index is -1.12. The summed E-state index contributed by atoms with van der Waals surface area (Å²) in [7, 11) is 0. The Morgan fingerprint density at radius 1 is 1.16 bits per heavy atom. The van der Waals surface area contributed by atoms with E-state index in [1.165, 1.54) is 30.3 Å². The number of aromatic hydroxyl groups is 1. The van der Waals surface area contributed by atoms with E-state index >= 15 is 0 Å². The first-order valence-electron chi connectivity index (χ1n) is 5.54. The van der Waals surface area contributed by atoms with Gasteiger partial charge >= 0.3 is 0 Å². The second kappa shape index (κ2) is 5.06. The van der Waals surface area contributed by atoms with Crippen LogP contribution in [0.4, 0.5) is 14.5 Å². The molecule has 2 N–H and O–H groups in total. The lowest BCUT2D eigenvalue weighted by Gasteiger charge is -2.09. The Morgan fingerprint density at radius 3 is 2.58 bits per heavy atom. The molecule has 0 bridgehead atoms. The fraction of sp³-hybridized carbons (Fsp3) is 0.0714. The van der Waals surface area contributed by atoms with Crippen LogP contribution in [-0.2, 0) is 0 Å². The van der Waals surface area contributed by atoms with Gasteiger partial charge < -0.3 is 10.4 Å². The van der Waals surface area contributed by atoms with E-state index in [0.29, 0.717) is 5.56 Å². The standard InChI is InChI=1S/C14H11F2NO2/c1-8-9(4-2-7-12(8)18)14(19)17-11-6-3-5-10(15)13(11)16/h2-7,18H,1H3,(H,17,19). The Labute approximate surface area is 108 Å². The summed E-state index contributed by atoms with van der Waals surface area (Å²) < 4.78 is 26.4. The summed E-state index contributed by atoms with van der Waals surface area (Å²) in [6, 6.07) is 7.94. The molecule has 0 fully saturated rings. The van der Waals surface area contributed by atoms with Gasteiger partial charge in [0.25, 0.3) is 5.91 Å². The van der Waals surface area contributed by atoms with E-state index in [2.05, 4.69) is 5.32 Å². The Balaban J connectivity index is 2.31. The van der Waals surface area contributed by atoms with Gasteiger partial charge in [-0.1, -0.05) is 12.1 Å². The minimum absolute atomic E-state index is 0.0348. The van der Waals surface area contributed by atoms with Crippen molar-refractivity contribution in [2.24, 2.45) is 0 Å². The Kier molecular flexibility index (Phi) is 3.46. The molecule has 2 aromatic carbocycles. The number of carbonyl (C=O) groups is 1. The number of carbonyl (C=O) groups excluding carboxylic acids is 1. The SMILES string of the molecule is Cc1c(O)cccc1C(=O)Nc1cccc(F)c1F. The molecule has 5 heteroatoms. The molecule has 2 rings (SSSR count). The molecular formula is C14H11F2NO2. The third-order valence-electron chi connectivity index (χ3n) is 2.75. The molecule has 0 unspecified atom stereocenters. The number of phenols is 1. The number of nitrogens with one attached hydrogen (secondary N) is 1. The van der Waals surface area contributed by atoms with E-state index in [1.807, 2.05) is 0 Å². The van der Waals surface area contributed by atoms with Crippen LogP contribution in [0, 0.1) is 18.6 Å². The van der Waals surface area contributed by atoms with Crippen LogP contribution < -0.4 is 5.32 Å². The fourth-order valence-electron chi connectivity index (χ4n) is 1.66. The highest BCUT2D eigenvalue weighted by Gasteiger charge is 2.14. The first-order valence-corrected chi connectivity index (χ1v) is 5.54. The normalized spacial score (nSPS) is 10.3. The summed E-state index contributed by atoms with van der Waals surface area (Å²) in [5, 5.41) is 11.8. The maximum Gasteiger partial charge on any atom is 0.256 e. The van der Waals surface area contributed by atoms with Gasteiger partial charge in [0.05, 0.1) is 5.69 Å². The van der Waals surface area contributed by atoms with Crippen molar-refractivity contribution in [1.29, 1.82) is 0 Å². The topological polar surface area (TPSA) is 49.3 Å². The number of benzene rings is 2. The molecule has 0 radical (unpaired) electrons. The summed E-state index contributed by atoms with van der Waals surface area (Å²) in [6.07, 6.45) is 0. The van der Waals surface area contributed by atoms with Crippen molar-refractivity contribution in [3.8, 4) is 5.75 Å². The molecular weight excluding hydrogens is 252 g/mol. The van der Waals surface area contributed by atoms with Gasteiger partial charge in [0.15, 0.2) is 11.6 Å². The van der Waals surface area contributed by atoms with E-state index < -0.39 is 17.5 Å². The second-order valence-corrected chi connectivity index (χ2v) is 4.01. The summed E-state index contributed by atoms with van der Waals surface area (Å²) in [4.78, 5) is 11.9. The smallest absolute Gasteiger partial charge is 0.256 e. The summed E-state index contributed by atoms with van der Waals surface area (Å²) in [6.45, 7) is 1.56. The zero-order chi connectivity index (χ0) is 14.0. The van der Waals surface area contributed by atoms with Crippen LogP contribution >= 0.6 is 0 Å². The quantitative estimate of drug-likeness (QED) is 0.873. The number of rotatable bonds is 2. The van der Waals surface area contributed by atoms with E-state index in [9.17, 15) is 18.7 Å².